The Morgan fingerprint density at radius 1 is 1.64 bits per heavy atom. The summed E-state index contributed by atoms with van der Waals surface area (Å²) in [7, 11) is 1.93. The van der Waals surface area contributed by atoms with E-state index in [0.29, 0.717) is 6.61 Å². The lowest BCUT2D eigenvalue weighted by Crippen LogP contribution is -2.23. The second kappa shape index (κ2) is 5.78. The van der Waals surface area contributed by atoms with Gasteiger partial charge in [0.1, 0.15) is 0 Å². The molecule has 14 heavy (non-hydrogen) atoms. The summed E-state index contributed by atoms with van der Waals surface area (Å²) >= 11 is 0. The van der Waals surface area contributed by atoms with Gasteiger partial charge in [-0.25, -0.2) is 4.98 Å². The van der Waals surface area contributed by atoms with E-state index in [9.17, 15) is 0 Å². The summed E-state index contributed by atoms with van der Waals surface area (Å²) in [5.41, 5.74) is 1.13. The molecule has 0 aliphatic carbocycles. The van der Waals surface area contributed by atoms with E-state index in [2.05, 4.69) is 28.7 Å². The molecule has 0 aliphatic rings. The number of likely N-dealkylation sites (N-methyl/N-ethyl adjacent to an activating group) is 1. The maximum atomic E-state index is 5.65. The molecule has 1 N–H and O–H groups in total. The third kappa shape index (κ3) is 3.12. The summed E-state index contributed by atoms with van der Waals surface area (Å²) in [6, 6.07) is 0. The van der Waals surface area contributed by atoms with Crippen molar-refractivity contribution in [1.82, 2.24) is 14.9 Å². The van der Waals surface area contributed by atoms with Gasteiger partial charge in [-0.1, -0.05) is 0 Å². The van der Waals surface area contributed by atoms with Crippen molar-refractivity contribution < 1.29 is 4.74 Å². The minimum atomic E-state index is 0.236. The number of nitrogens with zero attached hydrogens (tertiary/aromatic N) is 2. The van der Waals surface area contributed by atoms with Crippen LogP contribution in [0.5, 0.6) is 0 Å². The van der Waals surface area contributed by atoms with Gasteiger partial charge in [0.2, 0.25) is 0 Å². The van der Waals surface area contributed by atoms with Crippen LogP contribution in [-0.2, 0) is 17.9 Å². The fraction of sp³-hybridized carbons (Fsp3) is 0.700. The molecule has 0 radical (unpaired) electrons. The first-order valence-electron chi connectivity index (χ1n) is 5.03. The van der Waals surface area contributed by atoms with Gasteiger partial charge in [0.15, 0.2) is 0 Å². The molecule has 0 saturated carbocycles. The smallest absolute Gasteiger partial charge is 0.0948 e. The van der Waals surface area contributed by atoms with E-state index >= 15 is 0 Å². The van der Waals surface area contributed by atoms with Gasteiger partial charge >= 0.3 is 0 Å². The van der Waals surface area contributed by atoms with Crippen molar-refractivity contribution in [2.45, 2.75) is 33.1 Å². The predicted molar refractivity (Wildman–Crippen MR) is 56.1 cm³/mol. The molecule has 4 nitrogen and oxygen atoms in total. The average Bonchev–Trinajstić information content (AvgIpc) is 2.62. The van der Waals surface area contributed by atoms with Crippen LogP contribution in [0.3, 0.4) is 0 Å². The Kier molecular flexibility index (Phi) is 4.62. The van der Waals surface area contributed by atoms with Crippen molar-refractivity contribution in [3.05, 3.63) is 18.2 Å². The highest BCUT2D eigenvalue weighted by Crippen LogP contribution is 2.03. The van der Waals surface area contributed by atoms with E-state index in [1.165, 1.54) is 0 Å². The van der Waals surface area contributed by atoms with Crippen LogP contribution in [0.4, 0.5) is 0 Å². The van der Waals surface area contributed by atoms with Gasteiger partial charge in [-0.15, -0.1) is 0 Å². The molecule has 4 heteroatoms. The van der Waals surface area contributed by atoms with Gasteiger partial charge in [0, 0.05) is 13.1 Å². The normalized spacial score (nSPS) is 13.1. The molecule has 0 fully saturated rings. The van der Waals surface area contributed by atoms with Crippen molar-refractivity contribution >= 4 is 0 Å². The highest BCUT2D eigenvalue weighted by Gasteiger charge is 2.04. The Balaban J connectivity index is 2.37. The zero-order valence-electron chi connectivity index (χ0n) is 9.16. The summed E-state index contributed by atoms with van der Waals surface area (Å²) in [6.07, 6.45) is 3.93. The number of aromatic nitrogens is 2. The molecule has 0 amide bonds. The second-order valence-corrected chi connectivity index (χ2v) is 3.35. The molecule has 1 aromatic rings. The van der Waals surface area contributed by atoms with Crippen molar-refractivity contribution in [3.63, 3.8) is 0 Å². The average molecular weight is 197 g/mol. The predicted octanol–water partition coefficient (Wildman–Crippen LogP) is 1.03. The molecule has 1 atom stereocenters. The lowest BCUT2D eigenvalue weighted by atomic mass is 10.4. The van der Waals surface area contributed by atoms with Crippen molar-refractivity contribution in [1.29, 1.82) is 0 Å². The standard InChI is InChI=1S/C10H19N3O/c1-4-13-8-12-6-10(13)7-14-9(2)5-11-3/h6,8-9,11H,4-5,7H2,1-3H3. The molecule has 0 bridgehead atoms. The summed E-state index contributed by atoms with van der Waals surface area (Å²) in [5, 5.41) is 3.08. The number of ether oxygens (including phenoxy) is 1. The van der Waals surface area contributed by atoms with Gasteiger partial charge in [0.05, 0.1) is 30.9 Å². The third-order valence-electron chi connectivity index (χ3n) is 2.15. The molecular weight excluding hydrogens is 178 g/mol. The number of hydrogen-bond acceptors (Lipinski definition) is 3. The largest absolute Gasteiger partial charge is 0.371 e. The lowest BCUT2D eigenvalue weighted by molar-refractivity contribution is 0.0509. The van der Waals surface area contributed by atoms with Gasteiger partial charge in [-0.2, -0.15) is 0 Å². The highest BCUT2D eigenvalue weighted by atomic mass is 16.5. The third-order valence-corrected chi connectivity index (χ3v) is 2.15. The highest BCUT2D eigenvalue weighted by molar-refractivity contribution is 4.96. The van der Waals surface area contributed by atoms with Crippen molar-refractivity contribution in [3.8, 4) is 0 Å². The molecule has 1 rings (SSSR count). The van der Waals surface area contributed by atoms with Gasteiger partial charge in [-0.3, -0.25) is 0 Å². The first kappa shape index (κ1) is 11.2. The monoisotopic (exact) mass is 197 g/mol. The Hall–Kier alpha value is -0.870. The number of nitrogens with one attached hydrogen (secondary N) is 1. The van der Waals surface area contributed by atoms with Crippen LogP contribution in [0.25, 0.3) is 0 Å². The van der Waals surface area contributed by atoms with Crippen LogP contribution in [0.1, 0.15) is 19.5 Å². The molecule has 1 unspecified atom stereocenters. The van der Waals surface area contributed by atoms with Crippen LogP contribution < -0.4 is 5.32 Å². The summed E-state index contributed by atoms with van der Waals surface area (Å²) in [6.45, 7) is 6.61. The number of hydrogen-bond donors (Lipinski definition) is 1. The van der Waals surface area contributed by atoms with E-state index in [4.69, 9.17) is 4.74 Å². The van der Waals surface area contributed by atoms with E-state index in [0.717, 1.165) is 18.8 Å². The Morgan fingerprint density at radius 2 is 2.43 bits per heavy atom. The maximum Gasteiger partial charge on any atom is 0.0948 e. The number of aryl methyl sites for hydroxylation is 1. The minimum absolute atomic E-state index is 0.236. The Morgan fingerprint density at radius 3 is 3.07 bits per heavy atom. The quantitative estimate of drug-likeness (QED) is 0.740. The van der Waals surface area contributed by atoms with Crippen LogP contribution >= 0.6 is 0 Å². The Labute approximate surface area is 85.3 Å². The van der Waals surface area contributed by atoms with Gasteiger partial charge in [-0.05, 0) is 20.9 Å². The molecule has 1 heterocycles. The van der Waals surface area contributed by atoms with Crippen LogP contribution in [0, 0.1) is 0 Å². The topological polar surface area (TPSA) is 39.1 Å². The fourth-order valence-electron chi connectivity index (χ4n) is 1.33. The van der Waals surface area contributed by atoms with Gasteiger partial charge < -0.3 is 14.6 Å². The minimum Gasteiger partial charge on any atom is -0.371 e. The van der Waals surface area contributed by atoms with Crippen LogP contribution in [0.2, 0.25) is 0 Å². The van der Waals surface area contributed by atoms with E-state index in [-0.39, 0.29) is 6.10 Å². The van der Waals surface area contributed by atoms with Crippen LogP contribution in [-0.4, -0.2) is 29.2 Å². The molecular formula is C10H19N3O. The summed E-state index contributed by atoms with van der Waals surface area (Å²) < 4.78 is 7.74. The summed E-state index contributed by atoms with van der Waals surface area (Å²) in [5.74, 6) is 0. The van der Waals surface area contributed by atoms with E-state index in [1.807, 2.05) is 19.6 Å². The molecule has 0 aliphatic heterocycles. The lowest BCUT2D eigenvalue weighted by Gasteiger charge is -2.12. The number of rotatable bonds is 6. The zero-order chi connectivity index (χ0) is 10.4. The molecule has 0 saturated heterocycles. The molecule has 1 aromatic heterocycles. The SMILES string of the molecule is CCn1cncc1COC(C)CNC. The first-order valence-corrected chi connectivity index (χ1v) is 5.03. The number of imidazole rings is 1. The van der Waals surface area contributed by atoms with Crippen molar-refractivity contribution in [2.24, 2.45) is 0 Å². The van der Waals surface area contributed by atoms with Gasteiger partial charge in [0.25, 0.3) is 0 Å². The summed E-state index contributed by atoms with van der Waals surface area (Å²) in [4.78, 5) is 4.08. The van der Waals surface area contributed by atoms with E-state index < -0.39 is 0 Å². The molecule has 0 aromatic carbocycles. The van der Waals surface area contributed by atoms with Crippen LogP contribution in [0.15, 0.2) is 12.5 Å². The maximum absolute atomic E-state index is 5.65. The Bertz CT molecular complexity index is 260. The fourth-order valence-corrected chi connectivity index (χ4v) is 1.33. The van der Waals surface area contributed by atoms with E-state index in [1.54, 1.807) is 0 Å². The first-order chi connectivity index (χ1) is 6.77. The zero-order valence-corrected chi connectivity index (χ0v) is 9.16. The van der Waals surface area contributed by atoms with Crippen molar-refractivity contribution in [2.75, 3.05) is 13.6 Å². The molecule has 0 spiro atoms. The molecule has 80 valence electrons. The second-order valence-electron chi connectivity index (χ2n) is 3.35.